The van der Waals surface area contributed by atoms with E-state index >= 15 is 0 Å². The highest BCUT2D eigenvalue weighted by atomic mass is 16.4. The number of carbonyl (C=O) groups is 2. The summed E-state index contributed by atoms with van der Waals surface area (Å²) in [5.74, 6) is 0.142. The Morgan fingerprint density at radius 1 is 1.13 bits per heavy atom. The maximum absolute atomic E-state index is 11.8. The molecule has 3 rings (SSSR count). The topological polar surface area (TPSA) is 60.9 Å². The number of carboxylic acid groups (broad SMARTS) is 1. The Hall–Kier alpha value is -1.26. The summed E-state index contributed by atoms with van der Waals surface area (Å²) >= 11 is 0. The summed E-state index contributed by atoms with van der Waals surface area (Å²) in [5.41, 5.74) is -0.481. The summed E-state index contributed by atoms with van der Waals surface area (Å²) in [6.45, 7) is 0. The Kier molecular flexibility index (Phi) is 1.81. The van der Waals surface area contributed by atoms with Gasteiger partial charge in [0.15, 0.2) is 0 Å². The monoisotopic (exact) mass is 212 g/mol. The number of rotatable bonds is 2. The zero-order chi connectivity index (χ0) is 11.4. The molecule has 0 spiro atoms. The van der Waals surface area contributed by atoms with E-state index in [1.807, 2.05) is 0 Å². The molecular formula is C10H16N2O3. The van der Waals surface area contributed by atoms with Crippen LogP contribution in [0.2, 0.25) is 0 Å². The summed E-state index contributed by atoms with van der Waals surface area (Å²) in [6.07, 6.45) is 1.18. The van der Waals surface area contributed by atoms with Crippen molar-refractivity contribution in [2.75, 3.05) is 21.1 Å². The van der Waals surface area contributed by atoms with Crippen LogP contribution in [0.3, 0.4) is 0 Å². The minimum Gasteiger partial charge on any atom is -0.465 e. The maximum atomic E-state index is 11.8. The summed E-state index contributed by atoms with van der Waals surface area (Å²) < 4.78 is 0. The van der Waals surface area contributed by atoms with E-state index < -0.39 is 6.09 Å². The number of hydrogen-bond acceptors (Lipinski definition) is 2. The predicted molar refractivity (Wildman–Crippen MR) is 53.5 cm³/mol. The van der Waals surface area contributed by atoms with E-state index in [0.717, 1.165) is 0 Å². The molecule has 3 aliphatic rings. The van der Waals surface area contributed by atoms with Crippen LogP contribution in [0.15, 0.2) is 0 Å². The van der Waals surface area contributed by atoms with Gasteiger partial charge in [-0.1, -0.05) is 0 Å². The Bertz CT molecular complexity index is 318. The molecule has 15 heavy (non-hydrogen) atoms. The fourth-order valence-electron chi connectivity index (χ4n) is 2.99. The molecule has 3 fully saturated rings. The highest BCUT2D eigenvalue weighted by molar-refractivity contribution is 5.87. The van der Waals surface area contributed by atoms with E-state index in [-0.39, 0.29) is 16.9 Å². The first-order chi connectivity index (χ1) is 6.83. The molecule has 0 aromatic heterocycles. The molecule has 0 radical (unpaired) electrons. The third-order valence-electron chi connectivity index (χ3n) is 3.86. The van der Waals surface area contributed by atoms with Crippen molar-refractivity contribution in [3.8, 4) is 0 Å². The molecule has 2 amide bonds. The number of amides is 2. The van der Waals surface area contributed by atoms with E-state index in [0.29, 0.717) is 19.3 Å². The minimum absolute atomic E-state index is 0.142. The molecule has 0 saturated heterocycles. The highest BCUT2D eigenvalue weighted by Crippen LogP contribution is 2.70. The summed E-state index contributed by atoms with van der Waals surface area (Å²) in [6, 6.07) is 0. The van der Waals surface area contributed by atoms with Gasteiger partial charge in [0, 0.05) is 26.7 Å². The maximum Gasteiger partial charge on any atom is 0.407 e. The van der Waals surface area contributed by atoms with Crippen LogP contribution in [0.5, 0.6) is 0 Å². The largest absolute Gasteiger partial charge is 0.465 e. The van der Waals surface area contributed by atoms with E-state index in [9.17, 15) is 9.59 Å². The quantitative estimate of drug-likeness (QED) is 0.729. The molecule has 0 heterocycles. The third kappa shape index (κ3) is 1.09. The minimum atomic E-state index is -0.902. The average Bonchev–Trinajstić information content (AvgIpc) is 1.98. The van der Waals surface area contributed by atoms with Gasteiger partial charge >= 0.3 is 6.09 Å². The molecule has 2 bridgehead atoms. The van der Waals surface area contributed by atoms with Crippen molar-refractivity contribution in [3.05, 3.63) is 0 Å². The molecular weight excluding hydrogens is 196 g/mol. The van der Waals surface area contributed by atoms with Gasteiger partial charge in [-0.2, -0.15) is 0 Å². The van der Waals surface area contributed by atoms with Gasteiger partial charge < -0.3 is 14.9 Å². The number of carbonyl (C=O) groups excluding carboxylic acids is 1. The predicted octanol–water partition coefficient (Wildman–Crippen LogP) is 0.607. The summed E-state index contributed by atoms with van der Waals surface area (Å²) in [4.78, 5) is 25.5. The van der Waals surface area contributed by atoms with Gasteiger partial charge in [0.25, 0.3) is 0 Å². The molecule has 3 saturated carbocycles. The Morgan fingerprint density at radius 2 is 1.60 bits per heavy atom. The zero-order valence-electron chi connectivity index (χ0n) is 9.28. The number of hydrogen-bond donors (Lipinski definition) is 1. The lowest BCUT2D eigenvalue weighted by Gasteiger charge is -2.71. The molecule has 5 heteroatoms. The van der Waals surface area contributed by atoms with Crippen molar-refractivity contribution in [2.24, 2.45) is 5.41 Å². The molecule has 3 aliphatic carbocycles. The van der Waals surface area contributed by atoms with Gasteiger partial charge in [-0.15, -0.1) is 0 Å². The van der Waals surface area contributed by atoms with Crippen LogP contribution in [0.25, 0.3) is 0 Å². The van der Waals surface area contributed by atoms with E-state index in [1.54, 1.807) is 26.0 Å². The first kappa shape index (κ1) is 10.3. The van der Waals surface area contributed by atoms with Crippen molar-refractivity contribution >= 4 is 12.0 Å². The van der Waals surface area contributed by atoms with Crippen molar-refractivity contribution in [1.82, 2.24) is 9.80 Å². The number of nitrogens with zero attached hydrogens (tertiary/aromatic N) is 2. The van der Waals surface area contributed by atoms with Gasteiger partial charge in [0.1, 0.15) is 0 Å². The van der Waals surface area contributed by atoms with Crippen LogP contribution in [-0.4, -0.2) is 53.6 Å². The Labute approximate surface area is 88.6 Å². The molecule has 0 unspecified atom stereocenters. The Morgan fingerprint density at radius 3 is 1.93 bits per heavy atom. The SMILES string of the molecule is CN(C)C(=O)C12CC(N(C)C(=O)O)(C1)C2. The van der Waals surface area contributed by atoms with Gasteiger partial charge in [-0.3, -0.25) is 4.79 Å². The van der Waals surface area contributed by atoms with Gasteiger partial charge in [-0.05, 0) is 19.3 Å². The normalized spacial score (nSPS) is 36.2. The van der Waals surface area contributed by atoms with Gasteiger partial charge in [0.05, 0.1) is 5.41 Å². The van der Waals surface area contributed by atoms with Crippen LogP contribution in [0, 0.1) is 5.41 Å². The van der Waals surface area contributed by atoms with Crippen LogP contribution < -0.4 is 0 Å². The summed E-state index contributed by atoms with van der Waals surface area (Å²) in [5, 5.41) is 8.87. The van der Waals surface area contributed by atoms with E-state index in [1.165, 1.54) is 4.90 Å². The van der Waals surface area contributed by atoms with Crippen molar-refractivity contribution in [2.45, 2.75) is 24.8 Å². The third-order valence-corrected chi connectivity index (χ3v) is 3.86. The second-order valence-corrected chi connectivity index (χ2v) is 5.08. The molecule has 1 N–H and O–H groups in total. The lowest BCUT2D eigenvalue weighted by atomic mass is 9.38. The highest BCUT2D eigenvalue weighted by Gasteiger charge is 2.74. The molecule has 0 aromatic carbocycles. The van der Waals surface area contributed by atoms with Crippen LogP contribution in [-0.2, 0) is 4.79 Å². The molecule has 5 nitrogen and oxygen atoms in total. The fourth-order valence-corrected chi connectivity index (χ4v) is 2.99. The second-order valence-electron chi connectivity index (χ2n) is 5.08. The smallest absolute Gasteiger partial charge is 0.407 e. The van der Waals surface area contributed by atoms with Crippen molar-refractivity contribution in [1.29, 1.82) is 0 Å². The molecule has 0 aliphatic heterocycles. The van der Waals surface area contributed by atoms with Gasteiger partial charge in [0.2, 0.25) is 5.91 Å². The lowest BCUT2D eigenvalue weighted by Crippen LogP contribution is -2.78. The fraction of sp³-hybridized carbons (Fsp3) is 0.800. The molecule has 84 valence electrons. The molecule has 0 atom stereocenters. The second kappa shape index (κ2) is 2.65. The first-order valence-electron chi connectivity index (χ1n) is 5.02. The first-order valence-corrected chi connectivity index (χ1v) is 5.02. The zero-order valence-corrected chi connectivity index (χ0v) is 9.28. The van der Waals surface area contributed by atoms with Gasteiger partial charge in [-0.25, -0.2) is 4.79 Å². The Balaban J connectivity index is 2.01. The standard InChI is InChI=1S/C10H16N2O3/c1-11(2)7(13)9-4-10(5-9,6-9)12(3)8(14)15/h4-6H2,1-3H3,(H,14,15). The van der Waals surface area contributed by atoms with Crippen LogP contribution in [0.1, 0.15) is 19.3 Å². The van der Waals surface area contributed by atoms with Crippen LogP contribution >= 0.6 is 0 Å². The van der Waals surface area contributed by atoms with Crippen molar-refractivity contribution < 1.29 is 14.7 Å². The van der Waals surface area contributed by atoms with E-state index in [4.69, 9.17) is 5.11 Å². The average molecular weight is 212 g/mol. The lowest BCUT2D eigenvalue weighted by molar-refractivity contribution is -0.212. The summed E-state index contributed by atoms with van der Waals surface area (Å²) in [7, 11) is 5.08. The van der Waals surface area contributed by atoms with Crippen molar-refractivity contribution in [3.63, 3.8) is 0 Å². The molecule has 0 aromatic rings. The van der Waals surface area contributed by atoms with E-state index in [2.05, 4.69) is 0 Å². The van der Waals surface area contributed by atoms with Crippen LogP contribution in [0.4, 0.5) is 4.79 Å².